The van der Waals surface area contributed by atoms with E-state index in [-0.39, 0.29) is 0 Å². The van der Waals surface area contributed by atoms with Gasteiger partial charge in [0.05, 0.1) is 14.2 Å². The molecule has 0 saturated heterocycles. The van der Waals surface area contributed by atoms with Crippen LogP contribution < -0.4 is 9.92 Å². The zero-order chi connectivity index (χ0) is 9.90. The van der Waals surface area contributed by atoms with Crippen LogP contribution in [0.25, 0.3) is 0 Å². The van der Waals surface area contributed by atoms with Crippen LogP contribution in [0.5, 0.6) is 5.75 Å². The first kappa shape index (κ1) is 10.5. The summed E-state index contributed by atoms with van der Waals surface area (Å²) in [5, 5.41) is 1.40. The van der Waals surface area contributed by atoms with E-state index in [4.69, 9.17) is 4.74 Å². The Balaban J connectivity index is 2.81. The molecule has 1 rings (SSSR count). The van der Waals surface area contributed by atoms with Gasteiger partial charge in [0.15, 0.2) is 0 Å². The van der Waals surface area contributed by atoms with Crippen LogP contribution in [-0.2, 0) is 0 Å². The van der Waals surface area contributed by atoms with Crippen LogP contribution >= 0.6 is 0 Å². The molecule has 3 heteroatoms. The van der Waals surface area contributed by atoms with E-state index in [1.54, 1.807) is 0 Å². The molecule has 0 unspecified atom stereocenters. The van der Waals surface area contributed by atoms with Crippen LogP contribution in [-0.4, -0.2) is 24.0 Å². The van der Waals surface area contributed by atoms with Crippen LogP contribution in [0.1, 0.15) is 6.92 Å². The van der Waals surface area contributed by atoms with Crippen molar-refractivity contribution in [2.24, 2.45) is 0 Å². The molecule has 0 spiro atoms. The molecular weight excluding hydrogens is 192 g/mol. The number of hydrogen-bond donors (Lipinski definition) is 0. The monoisotopic (exact) mass is 207 g/mol. The molecular formula is C10H15OSi2. The van der Waals surface area contributed by atoms with Crippen LogP contribution in [0.3, 0.4) is 0 Å². The van der Waals surface area contributed by atoms with E-state index >= 15 is 0 Å². The van der Waals surface area contributed by atoms with Gasteiger partial charge >= 0.3 is 0 Å². The van der Waals surface area contributed by atoms with Gasteiger partial charge in [-0.15, -0.1) is 0 Å². The van der Waals surface area contributed by atoms with Gasteiger partial charge in [-0.1, -0.05) is 30.4 Å². The minimum atomic E-state index is -1.33. The molecule has 0 aliphatic carbocycles. The number of benzene rings is 1. The third-order valence-corrected chi connectivity index (χ3v) is 4.53. The highest BCUT2D eigenvalue weighted by Gasteiger charge is 2.15. The van der Waals surface area contributed by atoms with E-state index in [0.717, 1.165) is 12.4 Å². The highest BCUT2D eigenvalue weighted by atomic mass is 29.2. The molecule has 0 aromatic heterocycles. The molecule has 0 N–H and O–H groups in total. The Morgan fingerprint density at radius 2 is 1.77 bits per heavy atom. The Morgan fingerprint density at radius 1 is 1.23 bits per heavy atom. The summed E-state index contributed by atoms with van der Waals surface area (Å²) >= 11 is 0. The second-order valence-electron chi connectivity index (χ2n) is 3.58. The molecule has 0 amide bonds. The summed E-state index contributed by atoms with van der Waals surface area (Å²) in [6.45, 7) is 7.25. The van der Waals surface area contributed by atoms with Crippen molar-refractivity contribution in [2.45, 2.75) is 20.0 Å². The van der Waals surface area contributed by atoms with E-state index in [9.17, 15) is 0 Å². The zero-order valence-corrected chi connectivity index (χ0v) is 10.4. The SMILES string of the molecule is CCOc1ccc([Si](C)(C)[Si])cc1. The molecule has 3 radical (unpaired) electrons. The van der Waals surface area contributed by atoms with Crippen LogP contribution in [0.4, 0.5) is 0 Å². The highest BCUT2D eigenvalue weighted by Crippen LogP contribution is 2.09. The number of rotatable bonds is 3. The third-order valence-electron chi connectivity index (χ3n) is 1.89. The summed E-state index contributed by atoms with van der Waals surface area (Å²) in [6, 6.07) is 8.36. The van der Waals surface area contributed by atoms with Crippen LogP contribution in [0.2, 0.25) is 13.1 Å². The lowest BCUT2D eigenvalue weighted by Gasteiger charge is -2.16. The Morgan fingerprint density at radius 3 is 2.15 bits per heavy atom. The average molecular weight is 207 g/mol. The first-order valence-corrected chi connectivity index (χ1v) is 9.02. The Hall–Kier alpha value is -0.546. The summed E-state index contributed by atoms with van der Waals surface area (Å²) in [5.74, 6) is 0.955. The Bertz CT molecular complexity index is 261. The van der Waals surface area contributed by atoms with E-state index in [2.05, 4.69) is 35.0 Å². The molecule has 1 nitrogen and oxygen atoms in total. The molecule has 0 atom stereocenters. The van der Waals surface area contributed by atoms with Crippen molar-refractivity contribution >= 4 is 22.5 Å². The Labute approximate surface area is 84.3 Å². The lowest BCUT2D eigenvalue weighted by molar-refractivity contribution is 0.340. The second kappa shape index (κ2) is 4.11. The maximum absolute atomic E-state index is 5.37. The largest absolute Gasteiger partial charge is 0.494 e. The van der Waals surface area contributed by atoms with E-state index in [1.807, 2.05) is 19.1 Å². The Kier molecular flexibility index (Phi) is 3.33. The van der Waals surface area contributed by atoms with Gasteiger partial charge in [0.25, 0.3) is 0 Å². The van der Waals surface area contributed by atoms with Crippen molar-refractivity contribution < 1.29 is 4.74 Å². The van der Waals surface area contributed by atoms with Crippen molar-refractivity contribution in [1.82, 2.24) is 0 Å². The van der Waals surface area contributed by atoms with Crippen molar-refractivity contribution in [3.63, 3.8) is 0 Å². The standard InChI is InChI=1S/C10H15OSi2/c1-4-11-9-5-7-10(8-6-9)13(2,3)12/h5-8H,4H2,1-3H3. The van der Waals surface area contributed by atoms with Gasteiger partial charge in [-0.05, 0) is 19.1 Å². The molecule has 0 fully saturated rings. The summed E-state index contributed by atoms with van der Waals surface area (Å²) in [7, 11) is 2.47. The molecule has 1 aromatic carbocycles. The second-order valence-corrected chi connectivity index (χ2v) is 11.2. The maximum atomic E-state index is 5.37. The van der Waals surface area contributed by atoms with Gasteiger partial charge in [-0.3, -0.25) is 0 Å². The van der Waals surface area contributed by atoms with E-state index < -0.39 is 7.59 Å². The van der Waals surface area contributed by atoms with Crippen LogP contribution in [0.15, 0.2) is 24.3 Å². The quantitative estimate of drug-likeness (QED) is 0.685. The minimum Gasteiger partial charge on any atom is -0.494 e. The molecule has 0 saturated carbocycles. The van der Waals surface area contributed by atoms with Gasteiger partial charge in [0.1, 0.15) is 5.75 Å². The topological polar surface area (TPSA) is 9.23 Å². The minimum absolute atomic E-state index is 0.730. The van der Waals surface area contributed by atoms with Gasteiger partial charge in [-0.2, -0.15) is 0 Å². The molecule has 1 aromatic rings. The summed E-state index contributed by atoms with van der Waals surface area (Å²) in [6.07, 6.45) is 0. The molecule has 0 aliphatic heterocycles. The van der Waals surface area contributed by atoms with Crippen LogP contribution in [0, 0.1) is 0 Å². The van der Waals surface area contributed by atoms with Crippen molar-refractivity contribution in [2.75, 3.05) is 6.61 Å². The van der Waals surface area contributed by atoms with Gasteiger partial charge in [0.2, 0.25) is 0 Å². The lowest BCUT2D eigenvalue weighted by atomic mass is 10.3. The predicted molar refractivity (Wildman–Crippen MR) is 60.5 cm³/mol. The zero-order valence-electron chi connectivity index (χ0n) is 8.42. The van der Waals surface area contributed by atoms with E-state index in [0.29, 0.717) is 0 Å². The summed E-state index contributed by atoms with van der Waals surface area (Å²) in [4.78, 5) is 0. The van der Waals surface area contributed by atoms with Gasteiger partial charge < -0.3 is 4.74 Å². The fourth-order valence-electron chi connectivity index (χ4n) is 1.13. The average Bonchev–Trinajstić information content (AvgIpc) is 2.04. The highest BCUT2D eigenvalue weighted by molar-refractivity contribution is 7.23. The number of ether oxygens (including phenoxy) is 1. The first-order valence-electron chi connectivity index (χ1n) is 4.52. The molecule has 0 heterocycles. The van der Waals surface area contributed by atoms with Crippen molar-refractivity contribution in [3.05, 3.63) is 24.3 Å². The number of hydrogen-bond acceptors (Lipinski definition) is 1. The maximum Gasteiger partial charge on any atom is 0.119 e. The fraction of sp³-hybridized carbons (Fsp3) is 0.400. The van der Waals surface area contributed by atoms with Gasteiger partial charge in [0, 0.05) is 9.76 Å². The predicted octanol–water partition coefficient (Wildman–Crippen LogP) is 1.67. The third kappa shape index (κ3) is 3.01. The smallest absolute Gasteiger partial charge is 0.119 e. The molecule has 13 heavy (non-hydrogen) atoms. The summed E-state index contributed by atoms with van der Waals surface area (Å²) < 4.78 is 5.37. The van der Waals surface area contributed by atoms with E-state index in [1.165, 1.54) is 5.19 Å². The first-order chi connectivity index (χ1) is 6.04. The van der Waals surface area contributed by atoms with Gasteiger partial charge in [-0.25, -0.2) is 0 Å². The lowest BCUT2D eigenvalue weighted by Crippen LogP contribution is -2.41. The fourth-order valence-corrected chi connectivity index (χ4v) is 2.63. The molecule has 0 aliphatic rings. The molecule has 0 bridgehead atoms. The normalized spacial score (nSPS) is 11.4. The van der Waals surface area contributed by atoms with Crippen molar-refractivity contribution in [1.29, 1.82) is 0 Å². The summed E-state index contributed by atoms with van der Waals surface area (Å²) in [5.41, 5.74) is 0. The van der Waals surface area contributed by atoms with Crippen molar-refractivity contribution in [3.8, 4) is 5.75 Å². The molecule has 69 valence electrons.